The van der Waals surface area contributed by atoms with Gasteiger partial charge in [-0.05, 0) is 6.07 Å². The van der Waals surface area contributed by atoms with Crippen molar-refractivity contribution in [1.29, 1.82) is 0 Å². The second kappa shape index (κ2) is 4.83. The molecule has 0 aliphatic rings. The maximum absolute atomic E-state index is 12.1. The number of carbonyl (C=O) groups is 1. The van der Waals surface area contributed by atoms with E-state index in [1.54, 1.807) is 30.3 Å². The SMILES string of the molecule is C=CCn1nc(C(=O)NC)c2ccccc2c1=O. The van der Waals surface area contributed by atoms with Gasteiger partial charge in [0.2, 0.25) is 0 Å². The van der Waals surface area contributed by atoms with Crippen molar-refractivity contribution in [2.75, 3.05) is 7.05 Å². The number of carbonyl (C=O) groups excluding carboxylic acids is 1. The van der Waals surface area contributed by atoms with E-state index in [9.17, 15) is 9.59 Å². The van der Waals surface area contributed by atoms with Gasteiger partial charge in [-0.15, -0.1) is 6.58 Å². The van der Waals surface area contributed by atoms with Gasteiger partial charge < -0.3 is 5.32 Å². The first-order valence-electron chi connectivity index (χ1n) is 5.52. The molecule has 0 spiro atoms. The van der Waals surface area contributed by atoms with Gasteiger partial charge >= 0.3 is 0 Å². The van der Waals surface area contributed by atoms with Gasteiger partial charge in [-0.3, -0.25) is 9.59 Å². The van der Waals surface area contributed by atoms with Gasteiger partial charge in [-0.1, -0.05) is 24.3 Å². The van der Waals surface area contributed by atoms with Gasteiger partial charge in [0.1, 0.15) is 0 Å². The number of benzene rings is 1. The summed E-state index contributed by atoms with van der Waals surface area (Å²) in [6, 6.07) is 6.93. The van der Waals surface area contributed by atoms with Crippen LogP contribution in [-0.4, -0.2) is 22.7 Å². The van der Waals surface area contributed by atoms with E-state index in [4.69, 9.17) is 0 Å². The highest BCUT2D eigenvalue weighted by atomic mass is 16.2. The average molecular weight is 243 g/mol. The predicted octanol–water partition coefficient (Wildman–Crippen LogP) is 0.942. The summed E-state index contributed by atoms with van der Waals surface area (Å²) in [6.45, 7) is 3.84. The minimum Gasteiger partial charge on any atom is -0.354 e. The molecule has 0 fully saturated rings. The van der Waals surface area contributed by atoms with Crippen molar-refractivity contribution in [3.63, 3.8) is 0 Å². The standard InChI is InChI=1S/C13H13N3O2/c1-3-8-16-13(18)10-7-5-4-6-9(10)11(15-16)12(17)14-2/h3-7H,1,8H2,2H3,(H,14,17). The number of allylic oxidation sites excluding steroid dienone is 1. The Balaban J connectivity index is 2.84. The Morgan fingerprint density at radius 2 is 2.11 bits per heavy atom. The Labute approximate surface area is 104 Å². The van der Waals surface area contributed by atoms with E-state index in [2.05, 4.69) is 17.0 Å². The molecule has 0 unspecified atom stereocenters. The number of aromatic nitrogens is 2. The highest BCUT2D eigenvalue weighted by Crippen LogP contribution is 2.12. The van der Waals surface area contributed by atoms with Crippen LogP contribution in [0.2, 0.25) is 0 Å². The monoisotopic (exact) mass is 243 g/mol. The summed E-state index contributed by atoms with van der Waals surface area (Å²) in [4.78, 5) is 23.9. The smallest absolute Gasteiger partial charge is 0.274 e. The first-order valence-corrected chi connectivity index (χ1v) is 5.52. The molecule has 2 aromatic rings. The molecule has 92 valence electrons. The van der Waals surface area contributed by atoms with Crippen molar-refractivity contribution in [3.05, 3.63) is 53.0 Å². The van der Waals surface area contributed by atoms with Crippen LogP contribution in [0, 0.1) is 0 Å². The normalized spacial score (nSPS) is 10.3. The molecule has 0 radical (unpaired) electrons. The van der Waals surface area contributed by atoms with E-state index in [1.807, 2.05) is 0 Å². The fourth-order valence-corrected chi connectivity index (χ4v) is 1.77. The van der Waals surface area contributed by atoms with E-state index >= 15 is 0 Å². The van der Waals surface area contributed by atoms with Gasteiger partial charge in [0.05, 0.1) is 11.9 Å². The minimum atomic E-state index is -0.316. The van der Waals surface area contributed by atoms with E-state index in [-0.39, 0.29) is 23.7 Å². The number of nitrogens with one attached hydrogen (secondary N) is 1. The minimum absolute atomic E-state index is 0.224. The number of fused-ring (bicyclic) bond motifs is 1. The zero-order chi connectivity index (χ0) is 13.1. The maximum Gasteiger partial charge on any atom is 0.274 e. The molecule has 5 nitrogen and oxygen atoms in total. The third-order valence-electron chi connectivity index (χ3n) is 2.61. The van der Waals surface area contributed by atoms with Crippen LogP contribution >= 0.6 is 0 Å². The Morgan fingerprint density at radius 3 is 2.72 bits per heavy atom. The first-order chi connectivity index (χ1) is 8.69. The zero-order valence-electron chi connectivity index (χ0n) is 10.0. The van der Waals surface area contributed by atoms with Crippen molar-refractivity contribution < 1.29 is 4.79 Å². The largest absolute Gasteiger partial charge is 0.354 e. The van der Waals surface area contributed by atoms with Crippen molar-refractivity contribution in [2.24, 2.45) is 0 Å². The van der Waals surface area contributed by atoms with Crippen LogP contribution in [0.3, 0.4) is 0 Å². The van der Waals surface area contributed by atoms with Crippen LogP contribution in [-0.2, 0) is 6.54 Å². The van der Waals surface area contributed by atoms with Crippen molar-refractivity contribution >= 4 is 16.7 Å². The molecule has 1 aromatic carbocycles. The Morgan fingerprint density at radius 1 is 1.44 bits per heavy atom. The van der Waals surface area contributed by atoms with E-state index in [0.29, 0.717) is 10.8 Å². The fourth-order valence-electron chi connectivity index (χ4n) is 1.77. The zero-order valence-corrected chi connectivity index (χ0v) is 10.0. The number of nitrogens with zero attached hydrogens (tertiary/aromatic N) is 2. The number of hydrogen-bond donors (Lipinski definition) is 1. The lowest BCUT2D eigenvalue weighted by atomic mass is 10.1. The Kier molecular flexibility index (Phi) is 3.23. The molecule has 1 amide bonds. The third-order valence-corrected chi connectivity index (χ3v) is 2.61. The second-order valence-electron chi connectivity index (χ2n) is 3.75. The number of amides is 1. The van der Waals surface area contributed by atoms with Crippen LogP contribution < -0.4 is 10.9 Å². The van der Waals surface area contributed by atoms with Gasteiger partial charge in [0.25, 0.3) is 11.5 Å². The van der Waals surface area contributed by atoms with Crippen LogP contribution in [0.5, 0.6) is 0 Å². The van der Waals surface area contributed by atoms with Gasteiger partial charge in [0, 0.05) is 12.4 Å². The summed E-state index contributed by atoms with van der Waals surface area (Å²) in [5.41, 5.74) is 0.0210. The van der Waals surface area contributed by atoms with Gasteiger partial charge in [0.15, 0.2) is 5.69 Å². The average Bonchev–Trinajstić information content (AvgIpc) is 2.41. The molecule has 0 aliphatic heterocycles. The molecule has 18 heavy (non-hydrogen) atoms. The maximum atomic E-state index is 12.1. The quantitative estimate of drug-likeness (QED) is 0.816. The first kappa shape index (κ1) is 12.0. The Hall–Kier alpha value is -2.43. The molecule has 0 saturated heterocycles. The van der Waals surface area contributed by atoms with Crippen molar-refractivity contribution in [1.82, 2.24) is 15.1 Å². The molecule has 0 saturated carbocycles. The van der Waals surface area contributed by atoms with Gasteiger partial charge in [-0.25, -0.2) is 4.68 Å². The number of rotatable bonds is 3. The molecule has 5 heteroatoms. The summed E-state index contributed by atoms with van der Waals surface area (Å²) < 4.78 is 1.24. The molecule has 0 bridgehead atoms. The Bertz CT molecular complexity index is 673. The second-order valence-corrected chi connectivity index (χ2v) is 3.75. The van der Waals surface area contributed by atoms with Crippen LogP contribution in [0.15, 0.2) is 41.7 Å². The molecule has 0 atom stereocenters. The lowest BCUT2D eigenvalue weighted by Crippen LogP contribution is -2.28. The van der Waals surface area contributed by atoms with Crippen molar-refractivity contribution in [2.45, 2.75) is 6.54 Å². The molecular formula is C13H13N3O2. The molecular weight excluding hydrogens is 230 g/mol. The van der Waals surface area contributed by atoms with E-state index < -0.39 is 0 Å². The van der Waals surface area contributed by atoms with E-state index in [0.717, 1.165) is 0 Å². The summed E-state index contributed by atoms with van der Waals surface area (Å²) in [5, 5.41) is 7.64. The lowest BCUT2D eigenvalue weighted by molar-refractivity contribution is 0.0957. The predicted molar refractivity (Wildman–Crippen MR) is 69.6 cm³/mol. The summed E-state index contributed by atoms with van der Waals surface area (Å²) in [7, 11) is 1.53. The van der Waals surface area contributed by atoms with Crippen LogP contribution in [0.25, 0.3) is 10.8 Å². The molecule has 1 aromatic heterocycles. The molecule has 0 aliphatic carbocycles. The van der Waals surface area contributed by atoms with E-state index in [1.165, 1.54) is 11.7 Å². The summed E-state index contributed by atoms with van der Waals surface area (Å²) in [6.07, 6.45) is 1.57. The highest BCUT2D eigenvalue weighted by molar-refractivity contribution is 6.04. The highest BCUT2D eigenvalue weighted by Gasteiger charge is 2.14. The molecule has 1 N–H and O–H groups in total. The van der Waals surface area contributed by atoms with Gasteiger partial charge in [-0.2, -0.15) is 5.10 Å². The van der Waals surface area contributed by atoms with Crippen molar-refractivity contribution in [3.8, 4) is 0 Å². The fraction of sp³-hybridized carbons (Fsp3) is 0.154. The van der Waals surface area contributed by atoms with Crippen LogP contribution in [0.1, 0.15) is 10.5 Å². The third kappa shape index (κ3) is 1.90. The molecule has 2 rings (SSSR count). The number of hydrogen-bond acceptors (Lipinski definition) is 3. The summed E-state index contributed by atoms with van der Waals surface area (Å²) in [5.74, 6) is -0.316. The molecule has 1 heterocycles. The van der Waals surface area contributed by atoms with Crippen LogP contribution in [0.4, 0.5) is 0 Å². The lowest BCUT2D eigenvalue weighted by Gasteiger charge is -2.08. The topological polar surface area (TPSA) is 64.0 Å². The summed E-state index contributed by atoms with van der Waals surface area (Å²) >= 11 is 0.